The highest BCUT2D eigenvalue weighted by Gasteiger charge is 2.16. The number of carbonyl (C=O) groups excluding carboxylic acids is 1. The molecule has 0 aliphatic heterocycles. The molecule has 22 heavy (non-hydrogen) atoms. The van der Waals surface area contributed by atoms with E-state index in [1.165, 1.54) is 37.3 Å². The zero-order chi connectivity index (χ0) is 16.9. The highest BCUT2D eigenvalue weighted by molar-refractivity contribution is 5.98. The van der Waals surface area contributed by atoms with E-state index in [0.717, 1.165) is 0 Å². The lowest BCUT2D eigenvalue weighted by Crippen LogP contribution is -2.23. The lowest BCUT2D eigenvalue weighted by molar-refractivity contribution is -0.135. The van der Waals surface area contributed by atoms with Crippen molar-refractivity contribution in [1.29, 1.82) is 0 Å². The maximum Gasteiger partial charge on any atom is 0.332 e. The second kappa shape index (κ2) is 7.35. The third-order valence-corrected chi connectivity index (χ3v) is 2.96. The van der Waals surface area contributed by atoms with Gasteiger partial charge in [-0.25, -0.2) is 4.79 Å². The van der Waals surface area contributed by atoms with Crippen molar-refractivity contribution in [2.75, 3.05) is 28.3 Å². The molecule has 7 heteroatoms. The Morgan fingerprint density at radius 1 is 1.18 bits per heavy atom. The summed E-state index contributed by atoms with van der Waals surface area (Å²) in [7, 11) is 5.84. The van der Waals surface area contributed by atoms with Crippen LogP contribution in [0.2, 0.25) is 0 Å². The fourth-order valence-corrected chi connectivity index (χ4v) is 1.71. The van der Waals surface area contributed by atoms with Gasteiger partial charge in [-0.1, -0.05) is 0 Å². The molecule has 7 nitrogen and oxygen atoms in total. The van der Waals surface area contributed by atoms with Gasteiger partial charge in [-0.3, -0.25) is 4.79 Å². The monoisotopic (exact) mass is 309 g/mol. The summed E-state index contributed by atoms with van der Waals surface area (Å²) in [5.41, 5.74) is 0.365. The molecule has 0 saturated carbocycles. The largest absolute Gasteiger partial charge is 0.502 e. The summed E-state index contributed by atoms with van der Waals surface area (Å²) in [6.45, 7) is 0. The summed E-state index contributed by atoms with van der Waals surface area (Å²) < 4.78 is 10.0. The minimum atomic E-state index is -1.19. The van der Waals surface area contributed by atoms with Gasteiger partial charge in [-0.2, -0.15) is 0 Å². The van der Waals surface area contributed by atoms with Gasteiger partial charge in [0.15, 0.2) is 11.5 Å². The van der Waals surface area contributed by atoms with Crippen molar-refractivity contribution >= 4 is 18.0 Å². The highest BCUT2D eigenvalue weighted by atomic mass is 16.5. The van der Waals surface area contributed by atoms with Crippen LogP contribution < -0.4 is 9.47 Å². The van der Waals surface area contributed by atoms with Crippen LogP contribution in [0, 0.1) is 0 Å². The Hall–Kier alpha value is -2.70. The molecule has 0 fully saturated rings. The number of carboxylic acids is 1. The summed E-state index contributed by atoms with van der Waals surface area (Å²) in [6, 6.07) is 2.92. The molecule has 0 heterocycles. The van der Waals surface area contributed by atoms with Gasteiger partial charge >= 0.3 is 5.97 Å². The number of carbonyl (C=O) groups is 2. The third-order valence-electron chi connectivity index (χ3n) is 2.96. The third kappa shape index (κ3) is 4.15. The van der Waals surface area contributed by atoms with Crippen molar-refractivity contribution in [1.82, 2.24) is 4.90 Å². The van der Waals surface area contributed by atoms with Crippen LogP contribution in [0.5, 0.6) is 17.2 Å². The Bertz CT molecular complexity index is 581. The van der Waals surface area contributed by atoms with Crippen LogP contribution in [0.3, 0.4) is 0 Å². The average Bonchev–Trinajstić information content (AvgIpc) is 2.47. The molecule has 0 radical (unpaired) electrons. The van der Waals surface area contributed by atoms with E-state index in [4.69, 9.17) is 9.47 Å². The van der Waals surface area contributed by atoms with Crippen molar-refractivity contribution in [2.24, 2.45) is 0 Å². The molecule has 2 N–H and O–H groups in total. The van der Waals surface area contributed by atoms with Gasteiger partial charge in [-0.15, -0.1) is 0 Å². The molecule has 0 aromatic heterocycles. The molecule has 0 aliphatic rings. The number of phenolic OH excluding ortho intramolecular Hbond substituents is 1. The Labute approximate surface area is 128 Å². The first-order chi connectivity index (χ1) is 10.3. The number of aliphatic carboxylic acids is 1. The zero-order valence-electron chi connectivity index (χ0n) is 12.9. The second-order valence-corrected chi connectivity index (χ2v) is 4.71. The standard InChI is InChI=1S/C15H19NO6/c1-16(2)13(17)8-10(15(19)20)5-9-6-11(21-3)14(18)12(7-9)22-4/h5-7,18H,8H2,1-4H3,(H,19,20). The lowest BCUT2D eigenvalue weighted by Gasteiger charge is -2.12. The fraction of sp³-hybridized carbons (Fsp3) is 0.333. The van der Waals surface area contributed by atoms with Crippen LogP contribution in [-0.4, -0.2) is 55.3 Å². The number of benzene rings is 1. The van der Waals surface area contributed by atoms with E-state index in [-0.39, 0.29) is 35.1 Å². The number of methoxy groups -OCH3 is 2. The highest BCUT2D eigenvalue weighted by Crippen LogP contribution is 2.37. The molecule has 1 aromatic rings. The zero-order valence-corrected chi connectivity index (χ0v) is 12.9. The van der Waals surface area contributed by atoms with Crippen LogP contribution in [0.15, 0.2) is 17.7 Å². The second-order valence-electron chi connectivity index (χ2n) is 4.71. The summed E-state index contributed by atoms with van der Waals surface area (Å²) in [6.07, 6.45) is 1.10. The van der Waals surface area contributed by atoms with E-state index < -0.39 is 5.97 Å². The van der Waals surface area contributed by atoms with E-state index in [0.29, 0.717) is 5.56 Å². The van der Waals surface area contributed by atoms with Gasteiger partial charge in [0.25, 0.3) is 0 Å². The van der Waals surface area contributed by atoms with Crippen molar-refractivity contribution in [2.45, 2.75) is 6.42 Å². The van der Waals surface area contributed by atoms with Gasteiger partial charge in [0, 0.05) is 19.7 Å². The number of hydrogen-bond donors (Lipinski definition) is 2. The molecular formula is C15H19NO6. The van der Waals surface area contributed by atoms with E-state index >= 15 is 0 Å². The van der Waals surface area contributed by atoms with Crippen LogP contribution >= 0.6 is 0 Å². The normalized spacial score (nSPS) is 11.0. The van der Waals surface area contributed by atoms with E-state index in [9.17, 15) is 19.8 Å². The lowest BCUT2D eigenvalue weighted by atomic mass is 10.1. The minimum absolute atomic E-state index is 0.0755. The maximum absolute atomic E-state index is 11.7. The first-order valence-electron chi connectivity index (χ1n) is 6.39. The molecule has 1 rings (SSSR count). The molecule has 0 aliphatic carbocycles. The predicted molar refractivity (Wildman–Crippen MR) is 80.1 cm³/mol. The number of phenols is 1. The van der Waals surface area contributed by atoms with Crippen LogP contribution in [-0.2, 0) is 9.59 Å². The molecule has 1 amide bonds. The Morgan fingerprint density at radius 3 is 2.05 bits per heavy atom. The number of carboxylic acid groups (broad SMARTS) is 1. The first-order valence-corrected chi connectivity index (χ1v) is 6.39. The minimum Gasteiger partial charge on any atom is -0.502 e. The maximum atomic E-state index is 11.7. The topological polar surface area (TPSA) is 96.3 Å². The summed E-state index contributed by atoms with van der Waals surface area (Å²) in [5, 5.41) is 19.0. The smallest absolute Gasteiger partial charge is 0.332 e. The van der Waals surface area contributed by atoms with Crippen molar-refractivity contribution in [3.05, 3.63) is 23.3 Å². The SMILES string of the molecule is COc1cc(C=C(CC(=O)N(C)C)C(=O)O)cc(OC)c1O. The molecule has 0 saturated heterocycles. The fourth-order valence-electron chi connectivity index (χ4n) is 1.71. The molecule has 0 spiro atoms. The Morgan fingerprint density at radius 2 is 1.68 bits per heavy atom. The first kappa shape index (κ1) is 17.4. The van der Waals surface area contributed by atoms with E-state index in [1.807, 2.05) is 0 Å². The number of rotatable bonds is 6. The van der Waals surface area contributed by atoms with Crippen molar-refractivity contribution < 1.29 is 29.3 Å². The molecule has 120 valence electrons. The van der Waals surface area contributed by atoms with Gasteiger partial charge in [0.1, 0.15) is 0 Å². The van der Waals surface area contributed by atoms with Crippen LogP contribution in [0.1, 0.15) is 12.0 Å². The molecule has 0 bridgehead atoms. The van der Waals surface area contributed by atoms with E-state index in [2.05, 4.69) is 0 Å². The molecule has 0 unspecified atom stereocenters. The van der Waals surface area contributed by atoms with Crippen molar-refractivity contribution in [3.63, 3.8) is 0 Å². The predicted octanol–water partition coefficient (Wildman–Crippen LogP) is 1.36. The average molecular weight is 309 g/mol. The van der Waals surface area contributed by atoms with Gasteiger partial charge in [0.2, 0.25) is 11.7 Å². The van der Waals surface area contributed by atoms with Gasteiger partial charge < -0.3 is 24.6 Å². The van der Waals surface area contributed by atoms with E-state index in [1.54, 1.807) is 14.1 Å². The number of hydrogen-bond acceptors (Lipinski definition) is 5. The summed E-state index contributed by atoms with van der Waals surface area (Å²) in [4.78, 5) is 24.3. The number of ether oxygens (including phenoxy) is 2. The van der Waals surface area contributed by atoms with Crippen LogP contribution in [0.25, 0.3) is 6.08 Å². The van der Waals surface area contributed by atoms with Crippen molar-refractivity contribution in [3.8, 4) is 17.2 Å². The van der Waals surface area contributed by atoms with Crippen LogP contribution in [0.4, 0.5) is 0 Å². The number of nitrogens with zero attached hydrogens (tertiary/aromatic N) is 1. The Balaban J connectivity index is 3.26. The molecular weight excluding hydrogens is 290 g/mol. The van der Waals surface area contributed by atoms with Gasteiger partial charge in [0.05, 0.1) is 20.6 Å². The van der Waals surface area contributed by atoms with Gasteiger partial charge in [-0.05, 0) is 23.8 Å². The quantitative estimate of drug-likeness (QED) is 0.770. The number of aromatic hydroxyl groups is 1. The Kier molecular flexibility index (Phi) is 5.80. The summed E-state index contributed by atoms with van der Waals surface area (Å²) in [5.74, 6) is -1.40. The molecule has 0 atom stereocenters. The molecule has 1 aromatic carbocycles. The summed E-state index contributed by atoms with van der Waals surface area (Å²) >= 11 is 0. The number of amides is 1.